The molecule has 0 fully saturated rings. The average molecular weight is 198 g/mol. The molecular weight excluding hydrogens is 180 g/mol. The quantitative estimate of drug-likeness (QED) is 0.631. The molecule has 0 aliphatic heterocycles. The summed E-state index contributed by atoms with van der Waals surface area (Å²) in [6.07, 6.45) is 11.2. The summed E-state index contributed by atoms with van der Waals surface area (Å²) in [6, 6.07) is 2.33. The first-order valence-corrected chi connectivity index (χ1v) is 5.70. The van der Waals surface area contributed by atoms with Crippen molar-refractivity contribution in [2.24, 2.45) is 0 Å². The molecular formula is C15H18. The first-order chi connectivity index (χ1) is 7.24. The average Bonchev–Trinajstić information content (AvgIpc) is 2.49. The predicted octanol–water partition coefficient (Wildman–Crippen LogP) is 4.30. The van der Waals surface area contributed by atoms with Gasteiger partial charge in [-0.3, -0.25) is 0 Å². The van der Waals surface area contributed by atoms with Crippen LogP contribution in [0.1, 0.15) is 41.2 Å². The van der Waals surface area contributed by atoms with Gasteiger partial charge in [-0.15, -0.1) is 0 Å². The van der Waals surface area contributed by atoms with E-state index in [4.69, 9.17) is 0 Å². The molecule has 1 aliphatic carbocycles. The molecule has 0 heteroatoms. The number of hydrogen-bond acceptors (Lipinski definition) is 0. The van der Waals surface area contributed by atoms with E-state index in [2.05, 4.69) is 51.1 Å². The first kappa shape index (κ1) is 10.2. The summed E-state index contributed by atoms with van der Waals surface area (Å²) >= 11 is 0. The monoisotopic (exact) mass is 198 g/mol. The van der Waals surface area contributed by atoms with Crippen LogP contribution >= 0.6 is 0 Å². The lowest BCUT2D eigenvalue weighted by Gasteiger charge is -2.13. The molecule has 0 aromatic heterocycles. The molecule has 1 aromatic rings. The molecule has 0 bridgehead atoms. The van der Waals surface area contributed by atoms with Crippen LogP contribution in [0.4, 0.5) is 0 Å². The zero-order valence-corrected chi connectivity index (χ0v) is 9.80. The van der Waals surface area contributed by atoms with Gasteiger partial charge in [-0.25, -0.2) is 0 Å². The molecule has 0 spiro atoms. The van der Waals surface area contributed by atoms with Crippen molar-refractivity contribution in [2.75, 3.05) is 0 Å². The highest BCUT2D eigenvalue weighted by atomic mass is 14.1. The van der Waals surface area contributed by atoms with Gasteiger partial charge in [-0.2, -0.15) is 0 Å². The second kappa shape index (κ2) is 4.06. The van der Waals surface area contributed by atoms with Crippen LogP contribution in [0.3, 0.4) is 0 Å². The van der Waals surface area contributed by atoms with Crippen molar-refractivity contribution in [3.05, 3.63) is 46.0 Å². The highest BCUT2D eigenvalue weighted by molar-refractivity contribution is 5.73. The van der Waals surface area contributed by atoms with Crippen molar-refractivity contribution in [2.45, 2.75) is 33.6 Å². The van der Waals surface area contributed by atoms with Gasteiger partial charge in [-0.05, 0) is 54.5 Å². The number of benzene rings is 1. The number of aryl methyl sites for hydroxylation is 2. The Kier molecular flexibility index (Phi) is 2.77. The van der Waals surface area contributed by atoms with Gasteiger partial charge in [0.15, 0.2) is 0 Å². The second-order valence-corrected chi connectivity index (χ2v) is 4.20. The van der Waals surface area contributed by atoms with Crippen molar-refractivity contribution >= 4 is 12.2 Å². The fraction of sp³-hybridized carbons (Fsp3) is 0.333. The van der Waals surface area contributed by atoms with E-state index in [0.29, 0.717) is 0 Å². The van der Waals surface area contributed by atoms with Crippen molar-refractivity contribution in [3.8, 4) is 0 Å². The van der Waals surface area contributed by atoms with Gasteiger partial charge < -0.3 is 0 Å². The van der Waals surface area contributed by atoms with E-state index >= 15 is 0 Å². The van der Waals surface area contributed by atoms with Gasteiger partial charge in [0.1, 0.15) is 0 Å². The van der Waals surface area contributed by atoms with E-state index in [-0.39, 0.29) is 0 Å². The molecule has 0 atom stereocenters. The van der Waals surface area contributed by atoms with Crippen LogP contribution in [0.5, 0.6) is 0 Å². The summed E-state index contributed by atoms with van der Waals surface area (Å²) in [7, 11) is 0. The molecule has 0 saturated heterocycles. The van der Waals surface area contributed by atoms with Crippen molar-refractivity contribution in [3.63, 3.8) is 0 Å². The molecule has 0 amide bonds. The lowest BCUT2D eigenvalue weighted by molar-refractivity contribution is 1.09. The first-order valence-electron chi connectivity index (χ1n) is 5.70. The van der Waals surface area contributed by atoms with Crippen LogP contribution in [-0.2, 0) is 6.42 Å². The van der Waals surface area contributed by atoms with Gasteiger partial charge in [0.2, 0.25) is 0 Å². The highest BCUT2D eigenvalue weighted by Crippen LogP contribution is 2.27. The minimum Gasteiger partial charge on any atom is -0.0801 e. The Bertz CT molecular complexity index is 434. The van der Waals surface area contributed by atoms with E-state index in [1.165, 1.54) is 27.8 Å². The number of fused-ring (bicyclic) bond motifs is 1. The molecule has 0 unspecified atom stereocenters. The number of rotatable bonds is 1. The van der Waals surface area contributed by atoms with Crippen LogP contribution in [0.15, 0.2) is 18.2 Å². The molecule has 0 nitrogen and oxygen atoms in total. The van der Waals surface area contributed by atoms with Gasteiger partial charge in [0.05, 0.1) is 0 Å². The Balaban J connectivity index is 2.72. The van der Waals surface area contributed by atoms with Gasteiger partial charge >= 0.3 is 0 Å². The minimum absolute atomic E-state index is 1.05. The summed E-state index contributed by atoms with van der Waals surface area (Å²) < 4.78 is 0. The molecule has 78 valence electrons. The fourth-order valence-corrected chi connectivity index (χ4v) is 2.29. The topological polar surface area (TPSA) is 0 Å². The summed E-state index contributed by atoms with van der Waals surface area (Å²) in [5.41, 5.74) is 7.14. The third-order valence-corrected chi connectivity index (χ3v) is 3.21. The Morgan fingerprint density at radius 3 is 2.40 bits per heavy atom. The summed E-state index contributed by atoms with van der Waals surface area (Å²) in [6.45, 7) is 6.67. The Hall–Kier alpha value is -1.30. The van der Waals surface area contributed by atoms with E-state index in [1.54, 1.807) is 0 Å². The van der Waals surface area contributed by atoms with E-state index in [9.17, 15) is 0 Å². The van der Waals surface area contributed by atoms with Crippen LogP contribution in [0.25, 0.3) is 12.2 Å². The van der Waals surface area contributed by atoms with E-state index in [1.807, 2.05) is 0 Å². The molecule has 0 N–H and O–H groups in total. The summed E-state index contributed by atoms with van der Waals surface area (Å²) in [5.74, 6) is 0. The Morgan fingerprint density at radius 1 is 1.07 bits per heavy atom. The molecule has 2 rings (SSSR count). The van der Waals surface area contributed by atoms with Crippen molar-refractivity contribution in [1.29, 1.82) is 0 Å². The lowest BCUT2D eigenvalue weighted by atomic mass is 9.92. The standard InChI is InChI=1S/C15H18/c1-4-13-10-11(2)14-8-6-5-7-9-15(14)12(13)3/h6-10H,4-5H2,1-3H3. The SMILES string of the molecule is CCc1cc(C)c2c(c1C)C=CCC=C2. The lowest BCUT2D eigenvalue weighted by Crippen LogP contribution is -1.96. The zero-order chi connectivity index (χ0) is 10.8. The highest BCUT2D eigenvalue weighted by Gasteiger charge is 2.09. The van der Waals surface area contributed by atoms with Crippen LogP contribution in [-0.4, -0.2) is 0 Å². The molecule has 0 heterocycles. The molecule has 0 saturated carbocycles. The van der Waals surface area contributed by atoms with E-state index < -0.39 is 0 Å². The molecule has 0 radical (unpaired) electrons. The maximum absolute atomic E-state index is 2.33. The molecule has 15 heavy (non-hydrogen) atoms. The Labute approximate surface area is 92.3 Å². The minimum atomic E-state index is 1.05. The normalized spacial score (nSPS) is 13.8. The largest absolute Gasteiger partial charge is 0.0801 e. The Morgan fingerprint density at radius 2 is 1.73 bits per heavy atom. The van der Waals surface area contributed by atoms with Crippen LogP contribution < -0.4 is 0 Å². The number of hydrogen-bond donors (Lipinski definition) is 0. The summed E-state index contributed by atoms with van der Waals surface area (Å²) in [4.78, 5) is 0. The zero-order valence-electron chi connectivity index (χ0n) is 9.80. The number of allylic oxidation sites excluding steroid dienone is 2. The maximum Gasteiger partial charge on any atom is -0.0152 e. The maximum atomic E-state index is 2.33. The third kappa shape index (κ3) is 1.77. The van der Waals surface area contributed by atoms with Crippen molar-refractivity contribution < 1.29 is 0 Å². The van der Waals surface area contributed by atoms with Gasteiger partial charge in [0.25, 0.3) is 0 Å². The van der Waals surface area contributed by atoms with Gasteiger partial charge in [-0.1, -0.05) is 37.3 Å². The summed E-state index contributed by atoms with van der Waals surface area (Å²) in [5, 5.41) is 0. The molecule has 1 aromatic carbocycles. The van der Waals surface area contributed by atoms with Crippen molar-refractivity contribution in [1.82, 2.24) is 0 Å². The van der Waals surface area contributed by atoms with Crippen LogP contribution in [0.2, 0.25) is 0 Å². The molecule has 1 aliphatic rings. The van der Waals surface area contributed by atoms with Crippen LogP contribution in [0, 0.1) is 13.8 Å². The van der Waals surface area contributed by atoms with E-state index in [0.717, 1.165) is 12.8 Å². The second-order valence-electron chi connectivity index (χ2n) is 4.20. The fourth-order valence-electron chi connectivity index (χ4n) is 2.29. The van der Waals surface area contributed by atoms with Gasteiger partial charge in [0, 0.05) is 0 Å². The smallest absolute Gasteiger partial charge is 0.0152 e. The predicted molar refractivity (Wildman–Crippen MR) is 68.0 cm³/mol. The third-order valence-electron chi connectivity index (χ3n) is 3.21.